The fraction of sp³-hybridized carbons (Fsp3) is 0.360. The fourth-order valence-electron chi connectivity index (χ4n) is 4.14. The zero-order chi connectivity index (χ0) is 25.5. The predicted molar refractivity (Wildman–Crippen MR) is 139 cm³/mol. The Hall–Kier alpha value is -3.41. The Bertz CT molecular complexity index is 1290. The summed E-state index contributed by atoms with van der Waals surface area (Å²) in [6, 6.07) is 7.23. The number of imidazole rings is 1. The van der Waals surface area contributed by atoms with Crippen molar-refractivity contribution in [2.45, 2.75) is 38.0 Å². The molecule has 0 bridgehead atoms. The Morgan fingerprint density at radius 3 is 2.86 bits per heavy atom. The van der Waals surface area contributed by atoms with E-state index in [9.17, 15) is 9.00 Å². The summed E-state index contributed by atoms with van der Waals surface area (Å²) in [6.45, 7) is 4.57. The summed E-state index contributed by atoms with van der Waals surface area (Å²) >= 11 is 0. The van der Waals surface area contributed by atoms with Crippen LogP contribution in [0.4, 0.5) is 5.82 Å². The molecule has 1 aliphatic heterocycles. The Morgan fingerprint density at radius 2 is 2.08 bits per heavy atom. The van der Waals surface area contributed by atoms with Crippen LogP contribution in [0.3, 0.4) is 0 Å². The third kappa shape index (κ3) is 5.86. The number of fused-ring (bicyclic) bond motifs is 1. The van der Waals surface area contributed by atoms with E-state index in [0.29, 0.717) is 36.3 Å². The summed E-state index contributed by atoms with van der Waals surface area (Å²) < 4.78 is 28.3. The molecule has 2 N–H and O–H groups in total. The second kappa shape index (κ2) is 12.0. The average Bonchev–Trinajstić information content (AvgIpc) is 3.56. The lowest BCUT2D eigenvalue weighted by molar-refractivity contribution is 0.00726. The smallest absolute Gasteiger partial charge is 0.338 e. The first kappa shape index (κ1) is 25.7. The molecule has 1 aliphatic rings. The number of methoxy groups -OCH3 is 1. The molecule has 0 aliphatic carbocycles. The van der Waals surface area contributed by atoms with E-state index in [1.807, 2.05) is 22.8 Å². The van der Waals surface area contributed by atoms with Crippen LogP contribution in [0.1, 0.15) is 47.8 Å². The van der Waals surface area contributed by atoms with Crippen LogP contribution in [0.5, 0.6) is 0 Å². The molecule has 3 heterocycles. The first-order valence-corrected chi connectivity index (χ1v) is 12.9. The van der Waals surface area contributed by atoms with Crippen LogP contribution in [-0.4, -0.2) is 56.5 Å². The van der Waals surface area contributed by atoms with E-state index < -0.39 is 11.0 Å². The minimum absolute atomic E-state index is 0.0648. The number of nitrogens with zero attached hydrogens (tertiary/aromatic N) is 4. The minimum Gasteiger partial charge on any atom is -0.465 e. The van der Waals surface area contributed by atoms with E-state index in [1.165, 1.54) is 13.4 Å². The van der Waals surface area contributed by atoms with Gasteiger partial charge in [0.05, 0.1) is 25.1 Å². The van der Waals surface area contributed by atoms with Crippen molar-refractivity contribution in [3.63, 3.8) is 0 Å². The molecule has 0 amide bonds. The van der Waals surface area contributed by atoms with Gasteiger partial charge in [-0.1, -0.05) is 30.9 Å². The van der Waals surface area contributed by atoms with Crippen molar-refractivity contribution in [1.82, 2.24) is 24.2 Å². The molecule has 36 heavy (non-hydrogen) atoms. The maximum atomic E-state index is 12.4. The standard InChI is InChI=1S/C25H30N6O4S/c1-17(19-9-4-5-10-20(19)25(32)34-3)8-6-7-13-36(33)30-14-18-11-12-21(35-18)31-16-29-22-23(26-2)27-15-28-24(22)31/h4-5,7,9-10,13,15-16,18,21,30H,1,6,8,11-12,14H2,2-3H3,(H,26,27,28)/b13-7+. The van der Waals surface area contributed by atoms with Crippen LogP contribution in [0.2, 0.25) is 0 Å². The van der Waals surface area contributed by atoms with Gasteiger partial charge in [-0.25, -0.2) is 28.7 Å². The van der Waals surface area contributed by atoms with Gasteiger partial charge in [0.2, 0.25) is 0 Å². The number of hydrogen-bond donors (Lipinski definition) is 2. The molecule has 0 saturated carbocycles. The zero-order valence-corrected chi connectivity index (χ0v) is 21.2. The number of aromatic nitrogens is 4. The highest BCUT2D eigenvalue weighted by Crippen LogP contribution is 2.31. The van der Waals surface area contributed by atoms with Gasteiger partial charge < -0.3 is 14.8 Å². The largest absolute Gasteiger partial charge is 0.465 e. The number of esters is 1. The summed E-state index contributed by atoms with van der Waals surface area (Å²) in [6.07, 6.45) is 7.76. The predicted octanol–water partition coefficient (Wildman–Crippen LogP) is 3.59. The van der Waals surface area contributed by atoms with Crippen molar-refractivity contribution < 1.29 is 18.5 Å². The molecular formula is C25H30N6O4S. The number of carbonyl (C=O) groups is 1. The topological polar surface area (TPSA) is 120 Å². The first-order valence-electron chi connectivity index (χ1n) is 11.7. The molecule has 1 fully saturated rings. The zero-order valence-electron chi connectivity index (χ0n) is 20.3. The Morgan fingerprint density at radius 1 is 1.28 bits per heavy atom. The van der Waals surface area contributed by atoms with Crippen molar-refractivity contribution in [2.24, 2.45) is 0 Å². The fourth-order valence-corrected chi connectivity index (χ4v) is 4.89. The van der Waals surface area contributed by atoms with Gasteiger partial charge in [-0.15, -0.1) is 0 Å². The Kier molecular flexibility index (Phi) is 8.57. The van der Waals surface area contributed by atoms with E-state index in [1.54, 1.807) is 30.9 Å². The molecule has 4 rings (SSSR count). The molecule has 3 aromatic rings. The highest BCUT2D eigenvalue weighted by atomic mass is 32.2. The summed E-state index contributed by atoms with van der Waals surface area (Å²) in [4.78, 5) is 24.9. The third-order valence-electron chi connectivity index (χ3n) is 5.99. The second-order valence-corrected chi connectivity index (χ2v) is 9.44. The number of rotatable bonds is 11. The highest BCUT2D eigenvalue weighted by molar-refractivity contribution is 7.86. The van der Waals surface area contributed by atoms with E-state index in [2.05, 4.69) is 31.6 Å². The molecule has 190 valence electrons. The van der Waals surface area contributed by atoms with E-state index in [-0.39, 0.29) is 18.3 Å². The number of benzene rings is 1. The van der Waals surface area contributed by atoms with Gasteiger partial charge in [0.25, 0.3) is 0 Å². The molecule has 10 nitrogen and oxygen atoms in total. The maximum Gasteiger partial charge on any atom is 0.338 e. The minimum atomic E-state index is -1.33. The van der Waals surface area contributed by atoms with Gasteiger partial charge in [-0.2, -0.15) is 0 Å². The number of nitrogens with one attached hydrogen (secondary N) is 2. The van der Waals surface area contributed by atoms with Gasteiger partial charge in [0.1, 0.15) is 29.1 Å². The Labute approximate surface area is 212 Å². The SMILES string of the molecule is C=C(CC/C=C/S(=O)NCC1CCC(n2cnc3c(NC)ncnc32)O1)c1ccccc1C(=O)OC. The van der Waals surface area contributed by atoms with Crippen molar-refractivity contribution in [3.8, 4) is 0 Å². The number of carbonyl (C=O) groups excluding carboxylic acids is 1. The maximum absolute atomic E-state index is 12.4. The summed E-state index contributed by atoms with van der Waals surface area (Å²) in [5, 5.41) is 4.65. The van der Waals surface area contributed by atoms with Crippen molar-refractivity contribution >= 4 is 39.5 Å². The van der Waals surface area contributed by atoms with Gasteiger partial charge >= 0.3 is 5.97 Å². The van der Waals surface area contributed by atoms with Crippen molar-refractivity contribution in [2.75, 3.05) is 26.0 Å². The molecule has 0 spiro atoms. The normalized spacial score (nSPS) is 18.5. The monoisotopic (exact) mass is 510 g/mol. The molecule has 1 saturated heterocycles. The summed E-state index contributed by atoms with van der Waals surface area (Å²) in [7, 11) is 1.83. The average molecular weight is 511 g/mol. The lowest BCUT2D eigenvalue weighted by atomic mass is 9.97. The number of ether oxygens (including phenoxy) is 2. The third-order valence-corrected chi connectivity index (χ3v) is 6.88. The summed E-state index contributed by atoms with van der Waals surface area (Å²) in [5.74, 6) is 0.287. The number of allylic oxidation sites excluding steroid dienone is 2. The van der Waals surface area contributed by atoms with Crippen LogP contribution in [0, 0.1) is 0 Å². The van der Waals surface area contributed by atoms with Crippen LogP contribution in [0.15, 0.2) is 55.0 Å². The molecule has 11 heteroatoms. The van der Waals surface area contributed by atoms with Crippen molar-refractivity contribution in [3.05, 3.63) is 66.1 Å². The Balaban J connectivity index is 1.23. The van der Waals surface area contributed by atoms with E-state index in [0.717, 1.165) is 29.6 Å². The second-order valence-electron chi connectivity index (χ2n) is 8.28. The van der Waals surface area contributed by atoms with Gasteiger partial charge in [-0.05, 0) is 42.9 Å². The van der Waals surface area contributed by atoms with Crippen molar-refractivity contribution in [1.29, 1.82) is 0 Å². The van der Waals surface area contributed by atoms with Crippen LogP contribution >= 0.6 is 0 Å². The highest BCUT2D eigenvalue weighted by Gasteiger charge is 2.28. The molecule has 3 atom stereocenters. The lowest BCUT2D eigenvalue weighted by Gasteiger charge is -2.15. The van der Waals surface area contributed by atoms with Crippen LogP contribution < -0.4 is 10.0 Å². The summed E-state index contributed by atoms with van der Waals surface area (Å²) in [5.41, 5.74) is 3.50. The van der Waals surface area contributed by atoms with E-state index >= 15 is 0 Å². The quantitative estimate of drug-likeness (QED) is 0.376. The molecule has 2 aromatic heterocycles. The lowest BCUT2D eigenvalue weighted by Crippen LogP contribution is -2.27. The van der Waals surface area contributed by atoms with Crippen LogP contribution in [-0.2, 0) is 20.5 Å². The first-order chi connectivity index (χ1) is 17.5. The van der Waals surface area contributed by atoms with Gasteiger partial charge in [-0.3, -0.25) is 4.57 Å². The number of anilines is 1. The molecular weight excluding hydrogens is 480 g/mol. The van der Waals surface area contributed by atoms with E-state index in [4.69, 9.17) is 9.47 Å². The molecule has 3 unspecified atom stereocenters. The number of hydrogen-bond acceptors (Lipinski definition) is 8. The van der Waals surface area contributed by atoms with Gasteiger partial charge in [0, 0.05) is 19.0 Å². The molecule has 0 radical (unpaired) electrons. The van der Waals surface area contributed by atoms with Crippen LogP contribution in [0.25, 0.3) is 16.7 Å². The molecule has 1 aromatic carbocycles. The van der Waals surface area contributed by atoms with Gasteiger partial charge in [0.15, 0.2) is 11.5 Å².